The van der Waals surface area contributed by atoms with E-state index in [2.05, 4.69) is 88.5 Å². The average Bonchev–Trinajstić information content (AvgIpc) is 2.72. The summed E-state index contributed by atoms with van der Waals surface area (Å²) >= 11 is 3.60. The molecular weight excluding hydrogens is 412 g/mol. The predicted molar refractivity (Wildman–Crippen MR) is 119 cm³/mol. The van der Waals surface area contributed by atoms with Gasteiger partial charge < -0.3 is 10.2 Å². The molecule has 4 nitrogen and oxygen atoms in total. The molecule has 0 saturated carbocycles. The van der Waals surface area contributed by atoms with Gasteiger partial charge in [0, 0.05) is 30.2 Å². The van der Waals surface area contributed by atoms with Crippen molar-refractivity contribution in [1.29, 1.82) is 0 Å². The van der Waals surface area contributed by atoms with Crippen molar-refractivity contribution >= 4 is 27.7 Å². The highest BCUT2D eigenvalue weighted by molar-refractivity contribution is 9.10. The molecule has 0 amide bonds. The summed E-state index contributed by atoms with van der Waals surface area (Å²) < 4.78 is 1.13. The van der Waals surface area contributed by atoms with E-state index < -0.39 is 0 Å². The van der Waals surface area contributed by atoms with Crippen molar-refractivity contribution < 1.29 is 0 Å². The lowest BCUT2D eigenvalue weighted by molar-refractivity contribution is 0.713. The first-order chi connectivity index (χ1) is 13.6. The second-order valence-electron chi connectivity index (χ2n) is 7.55. The molecular formula is C23H25BrN4. The topological polar surface area (TPSA) is 41.1 Å². The average molecular weight is 437 g/mol. The highest BCUT2D eigenvalue weighted by atomic mass is 79.9. The largest absolute Gasteiger partial charge is 0.352 e. The number of nitrogens with one attached hydrogen (secondary N) is 1. The number of hydrogen-bond donors (Lipinski definition) is 1. The van der Waals surface area contributed by atoms with Crippen LogP contribution in [0.15, 0.2) is 59.1 Å². The van der Waals surface area contributed by atoms with Gasteiger partial charge in [0.05, 0.1) is 5.69 Å². The lowest BCUT2D eigenvalue weighted by Gasteiger charge is -2.30. The zero-order chi connectivity index (χ0) is 19.5. The van der Waals surface area contributed by atoms with Crippen LogP contribution in [0.2, 0.25) is 0 Å². The van der Waals surface area contributed by atoms with Crippen LogP contribution in [-0.2, 0) is 19.5 Å². The summed E-state index contributed by atoms with van der Waals surface area (Å²) in [6.45, 7) is 6.92. The van der Waals surface area contributed by atoms with Crippen LogP contribution in [0.25, 0.3) is 0 Å². The fourth-order valence-electron chi connectivity index (χ4n) is 3.49. The fraction of sp³-hybridized carbons (Fsp3) is 0.304. The van der Waals surface area contributed by atoms with Crippen LogP contribution in [0.3, 0.4) is 0 Å². The van der Waals surface area contributed by atoms with E-state index in [0.29, 0.717) is 11.9 Å². The van der Waals surface area contributed by atoms with E-state index >= 15 is 0 Å². The quantitative estimate of drug-likeness (QED) is 0.569. The molecule has 0 fully saturated rings. The summed E-state index contributed by atoms with van der Waals surface area (Å²) in [5.41, 5.74) is 5.09. The number of aromatic nitrogens is 2. The standard InChI is InChI=1S/C23H25BrN4/c1-16(2)21-13-22(27-23(26-21)25-14-17-6-4-3-5-7-17)28-11-10-18-8-9-20(24)12-19(18)15-28/h3-9,12-13,16H,10-11,14-15H2,1-2H3,(H,25,26,27). The molecule has 2 aromatic carbocycles. The van der Waals surface area contributed by atoms with Gasteiger partial charge in [-0.3, -0.25) is 0 Å². The van der Waals surface area contributed by atoms with Gasteiger partial charge in [-0.25, -0.2) is 4.98 Å². The van der Waals surface area contributed by atoms with Crippen molar-refractivity contribution in [1.82, 2.24) is 9.97 Å². The zero-order valence-electron chi connectivity index (χ0n) is 16.3. The molecule has 1 aliphatic rings. The molecule has 0 aliphatic carbocycles. The van der Waals surface area contributed by atoms with Gasteiger partial charge in [-0.2, -0.15) is 4.98 Å². The molecule has 1 aromatic heterocycles. The van der Waals surface area contributed by atoms with Gasteiger partial charge in [-0.1, -0.05) is 66.2 Å². The molecule has 0 unspecified atom stereocenters. The molecule has 0 bridgehead atoms. The monoisotopic (exact) mass is 436 g/mol. The van der Waals surface area contributed by atoms with Crippen LogP contribution < -0.4 is 10.2 Å². The normalized spacial score (nSPS) is 13.5. The molecule has 0 radical (unpaired) electrons. The number of halogens is 1. The number of benzene rings is 2. The van der Waals surface area contributed by atoms with E-state index in [1.807, 2.05) is 6.07 Å². The second kappa shape index (κ2) is 8.31. The van der Waals surface area contributed by atoms with Gasteiger partial charge in [-0.05, 0) is 41.2 Å². The Morgan fingerprint density at radius 1 is 1.04 bits per heavy atom. The summed E-state index contributed by atoms with van der Waals surface area (Å²) in [5.74, 6) is 2.05. The molecule has 2 heterocycles. The highest BCUT2D eigenvalue weighted by Crippen LogP contribution is 2.28. The highest BCUT2D eigenvalue weighted by Gasteiger charge is 2.19. The summed E-state index contributed by atoms with van der Waals surface area (Å²) in [5, 5.41) is 3.41. The Labute approximate surface area is 175 Å². The SMILES string of the molecule is CC(C)c1cc(N2CCc3ccc(Br)cc3C2)nc(NCc2ccccc2)n1. The number of nitrogens with zero attached hydrogens (tertiary/aromatic N) is 3. The summed E-state index contributed by atoms with van der Waals surface area (Å²) in [7, 11) is 0. The molecule has 28 heavy (non-hydrogen) atoms. The third-order valence-electron chi connectivity index (χ3n) is 5.12. The predicted octanol–water partition coefficient (Wildman–Crippen LogP) is 5.54. The van der Waals surface area contributed by atoms with Crippen molar-refractivity contribution in [3.8, 4) is 0 Å². The fourth-order valence-corrected chi connectivity index (χ4v) is 3.90. The lowest BCUT2D eigenvalue weighted by atomic mass is 10.00. The van der Waals surface area contributed by atoms with Gasteiger partial charge >= 0.3 is 0 Å². The minimum atomic E-state index is 0.352. The maximum absolute atomic E-state index is 4.84. The molecule has 0 atom stereocenters. The van der Waals surface area contributed by atoms with Crippen molar-refractivity contribution in [2.45, 2.75) is 39.3 Å². The Bertz CT molecular complexity index is 956. The van der Waals surface area contributed by atoms with Crippen LogP contribution in [0.1, 0.15) is 42.1 Å². The Morgan fingerprint density at radius 3 is 2.64 bits per heavy atom. The first-order valence-corrected chi connectivity index (χ1v) is 10.6. The van der Waals surface area contributed by atoms with E-state index in [4.69, 9.17) is 9.97 Å². The summed E-state index contributed by atoms with van der Waals surface area (Å²) in [6, 6.07) is 19.1. The van der Waals surface area contributed by atoms with Gasteiger partial charge in [0.25, 0.3) is 0 Å². The van der Waals surface area contributed by atoms with E-state index in [9.17, 15) is 0 Å². The molecule has 3 aromatic rings. The van der Waals surface area contributed by atoms with Crippen molar-refractivity contribution in [3.63, 3.8) is 0 Å². The minimum absolute atomic E-state index is 0.352. The Kier molecular flexibility index (Phi) is 5.62. The lowest BCUT2D eigenvalue weighted by Crippen LogP contribution is -2.31. The van der Waals surface area contributed by atoms with E-state index in [0.717, 1.165) is 42.0 Å². The van der Waals surface area contributed by atoms with Gasteiger partial charge in [0.1, 0.15) is 5.82 Å². The van der Waals surface area contributed by atoms with Crippen molar-refractivity contribution in [2.75, 3.05) is 16.8 Å². The summed E-state index contributed by atoms with van der Waals surface area (Å²) in [6.07, 6.45) is 1.04. The van der Waals surface area contributed by atoms with E-state index in [-0.39, 0.29) is 0 Å². The minimum Gasteiger partial charge on any atom is -0.352 e. The molecule has 1 N–H and O–H groups in total. The Morgan fingerprint density at radius 2 is 1.86 bits per heavy atom. The van der Waals surface area contributed by atoms with Gasteiger partial charge in [-0.15, -0.1) is 0 Å². The van der Waals surface area contributed by atoms with E-state index in [1.165, 1.54) is 16.7 Å². The number of anilines is 2. The third kappa shape index (κ3) is 4.36. The maximum Gasteiger partial charge on any atom is 0.225 e. The Balaban J connectivity index is 1.58. The summed E-state index contributed by atoms with van der Waals surface area (Å²) in [4.78, 5) is 11.9. The van der Waals surface area contributed by atoms with Crippen LogP contribution in [-0.4, -0.2) is 16.5 Å². The third-order valence-corrected chi connectivity index (χ3v) is 5.62. The molecule has 0 spiro atoms. The number of hydrogen-bond acceptors (Lipinski definition) is 4. The van der Waals surface area contributed by atoms with Crippen molar-refractivity contribution in [2.24, 2.45) is 0 Å². The van der Waals surface area contributed by atoms with Gasteiger partial charge in [0.2, 0.25) is 5.95 Å². The number of rotatable bonds is 5. The number of fused-ring (bicyclic) bond motifs is 1. The molecule has 144 valence electrons. The zero-order valence-corrected chi connectivity index (χ0v) is 17.9. The second-order valence-corrected chi connectivity index (χ2v) is 8.47. The van der Waals surface area contributed by atoms with E-state index in [1.54, 1.807) is 0 Å². The molecule has 1 aliphatic heterocycles. The van der Waals surface area contributed by atoms with Crippen molar-refractivity contribution in [3.05, 3.63) is 81.5 Å². The van der Waals surface area contributed by atoms with Crippen LogP contribution >= 0.6 is 15.9 Å². The Hall–Kier alpha value is -2.40. The van der Waals surface area contributed by atoms with Crippen LogP contribution in [0.5, 0.6) is 0 Å². The molecule has 4 rings (SSSR count). The maximum atomic E-state index is 4.84. The van der Waals surface area contributed by atoms with Gasteiger partial charge in [0.15, 0.2) is 0 Å². The van der Waals surface area contributed by atoms with Crippen LogP contribution in [0, 0.1) is 0 Å². The first-order valence-electron chi connectivity index (χ1n) is 9.77. The first kappa shape index (κ1) is 18.9. The molecule has 0 saturated heterocycles. The van der Waals surface area contributed by atoms with Crippen LogP contribution in [0.4, 0.5) is 11.8 Å². The smallest absolute Gasteiger partial charge is 0.225 e. The molecule has 5 heteroatoms.